The molecule has 2 aromatic rings. The van der Waals surface area contributed by atoms with E-state index in [1.807, 2.05) is 12.1 Å². The van der Waals surface area contributed by atoms with Crippen molar-refractivity contribution in [3.05, 3.63) is 59.7 Å². The van der Waals surface area contributed by atoms with Gasteiger partial charge in [-0.25, -0.2) is 0 Å². The fourth-order valence-electron chi connectivity index (χ4n) is 3.83. The van der Waals surface area contributed by atoms with Crippen LogP contribution < -0.4 is 4.90 Å². The molecule has 0 N–H and O–H groups in total. The predicted octanol–water partition coefficient (Wildman–Crippen LogP) is 2.74. The second-order valence-corrected chi connectivity index (χ2v) is 9.25. The lowest BCUT2D eigenvalue weighted by molar-refractivity contribution is -0.122. The predicted molar refractivity (Wildman–Crippen MR) is 108 cm³/mol. The van der Waals surface area contributed by atoms with Crippen molar-refractivity contribution in [3.63, 3.8) is 0 Å². The number of amides is 2. The van der Waals surface area contributed by atoms with Crippen LogP contribution in [0.2, 0.25) is 0 Å². The normalized spacial score (nSPS) is 24.3. The van der Waals surface area contributed by atoms with Crippen molar-refractivity contribution < 1.29 is 27.0 Å². The second kappa shape index (κ2) is 7.45. The Labute approximate surface area is 174 Å². The van der Waals surface area contributed by atoms with Gasteiger partial charge in [-0.2, -0.15) is 8.42 Å². The van der Waals surface area contributed by atoms with Gasteiger partial charge in [-0.05, 0) is 42.7 Å². The van der Waals surface area contributed by atoms with Crippen LogP contribution >= 0.6 is 0 Å². The van der Waals surface area contributed by atoms with Crippen molar-refractivity contribution >= 4 is 33.4 Å². The number of rotatable bonds is 4. The number of ketones is 1. The van der Waals surface area contributed by atoms with E-state index in [1.165, 1.54) is 24.3 Å². The Balaban J connectivity index is 1.54. The van der Waals surface area contributed by atoms with E-state index in [0.717, 1.165) is 10.5 Å². The molecule has 30 heavy (non-hydrogen) atoms. The van der Waals surface area contributed by atoms with Crippen LogP contribution in [0.25, 0.3) is 0 Å². The number of imide groups is 1. The zero-order valence-corrected chi connectivity index (χ0v) is 17.4. The average Bonchev–Trinajstić information content (AvgIpc) is 2.93. The summed E-state index contributed by atoms with van der Waals surface area (Å²) in [6.07, 6.45) is -0.246. The minimum absolute atomic E-state index is 0.141. The quantitative estimate of drug-likeness (QED) is 0.550. The number of nitrogens with zero attached hydrogens (tertiary/aromatic N) is 1. The molecule has 2 amide bonds. The molecule has 2 aromatic carbocycles. The molecule has 0 saturated carbocycles. The van der Waals surface area contributed by atoms with E-state index >= 15 is 0 Å². The number of benzene rings is 2. The third kappa shape index (κ3) is 3.36. The van der Waals surface area contributed by atoms with Crippen LogP contribution in [0.1, 0.15) is 36.2 Å². The first kappa shape index (κ1) is 20.4. The molecule has 7 nitrogen and oxygen atoms in total. The van der Waals surface area contributed by atoms with Gasteiger partial charge in [0.05, 0.1) is 10.6 Å². The molecule has 8 heteroatoms. The summed E-state index contributed by atoms with van der Waals surface area (Å²) in [6, 6.07) is 12.4. The minimum Gasteiger partial charge on any atom is -0.291 e. The van der Waals surface area contributed by atoms with Crippen molar-refractivity contribution in [2.45, 2.75) is 37.7 Å². The molecule has 2 aliphatic rings. The van der Waals surface area contributed by atoms with Gasteiger partial charge in [0.2, 0.25) is 11.8 Å². The highest BCUT2D eigenvalue weighted by molar-refractivity contribution is 7.86. The van der Waals surface area contributed by atoms with Crippen LogP contribution in [0, 0.1) is 11.8 Å². The van der Waals surface area contributed by atoms with Crippen molar-refractivity contribution in [2.24, 2.45) is 11.8 Å². The Morgan fingerprint density at radius 2 is 1.50 bits per heavy atom. The fourth-order valence-corrected chi connectivity index (χ4v) is 4.90. The molecular weight excluding hydrogens is 406 g/mol. The molecule has 156 valence electrons. The maximum Gasteiger partial charge on any atom is 0.297 e. The van der Waals surface area contributed by atoms with Gasteiger partial charge in [0, 0.05) is 17.4 Å². The van der Waals surface area contributed by atoms with E-state index < -0.39 is 28.1 Å². The van der Waals surface area contributed by atoms with E-state index in [2.05, 4.69) is 0 Å². The highest BCUT2D eigenvalue weighted by Gasteiger charge is 2.43. The summed E-state index contributed by atoms with van der Waals surface area (Å²) in [5.41, 5.74) is 1.67. The largest absolute Gasteiger partial charge is 0.297 e. The first-order valence-corrected chi connectivity index (χ1v) is 11.1. The monoisotopic (exact) mass is 427 g/mol. The Morgan fingerprint density at radius 1 is 0.900 bits per heavy atom. The van der Waals surface area contributed by atoms with Gasteiger partial charge < -0.3 is 0 Å². The SMILES string of the molecule is CC1C(=O)N(c2ccc(S(=O)(=O)OC3CCc4ccccc4C3=O)cc2)C(=O)C1C. The lowest BCUT2D eigenvalue weighted by Crippen LogP contribution is -2.32. The zero-order chi connectivity index (χ0) is 21.6. The van der Waals surface area contributed by atoms with Crippen LogP contribution in [-0.4, -0.2) is 32.1 Å². The van der Waals surface area contributed by atoms with E-state index in [9.17, 15) is 22.8 Å². The standard InChI is InChI=1S/C22H21NO6S/c1-13-14(2)22(26)23(21(13)25)16-8-10-17(11-9-16)30(27,28)29-19-12-7-15-5-3-4-6-18(15)20(19)24/h3-6,8-11,13-14,19H,7,12H2,1-2H3. The summed E-state index contributed by atoms with van der Waals surface area (Å²) in [4.78, 5) is 38.2. The second-order valence-electron chi connectivity index (χ2n) is 7.68. The topological polar surface area (TPSA) is 97.8 Å². The molecule has 1 aliphatic carbocycles. The molecule has 1 fully saturated rings. The van der Waals surface area contributed by atoms with Gasteiger partial charge in [-0.1, -0.05) is 38.1 Å². The molecule has 1 aliphatic heterocycles. The number of carbonyl (C=O) groups is 3. The molecule has 3 unspecified atom stereocenters. The highest BCUT2D eigenvalue weighted by Crippen LogP contribution is 2.32. The number of hydrogen-bond donors (Lipinski definition) is 0. The first-order valence-electron chi connectivity index (χ1n) is 9.74. The Morgan fingerprint density at radius 3 is 2.13 bits per heavy atom. The van der Waals surface area contributed by atoms with Crippen molar-refractivity contribution in [2.75, 3.05) is 4.90 Å². The molecule has 4 rings (SSSR count). The molecular formula is C22H21NO6S. The van der Waals surface area contributed by atoms with E-state index in [4.69, 9.17) is 4.18 Å². The van der Waals surface area contributed by atoms with E-state index in [0.29, 0.717) is 17.7 Å². The van der Waals surface area contributed by atoms with Gasteiger partial charge in [-0.3, -0.25) is 23.5 Å². The summed E-state index contributed by atoms with van der Waals surface area (Å²) in [5.74, 6) is -1.83. The van der Waals surface area contributed by atoms with E-state index in [1.54, 1.807) is 26.0 Å². The molecule has 1 heterocycles. The highest BCUT2D eigenvalue weighted by atomic mass is 32.2. The van der Waals surface area contributed by atoms with Crippen LogP contribution in [0.5, 0.6) is 0 Å². The van der Waals surface area contributed by atoms with Gasteiger partial charge in [0.25, 0.3) is 10.1 Å². The number of Topliss-reactive ketones (excluding diaryl/α,β-unsaturated/α-hetero) is 1. The molecule has 0 bridgehead atoms. The lowest BCUT2D eigenvalue weighted by Gasteiger charge is -2.23. The van der Waals surface area contributed by atoms with Crippen LogP contribution in [0.15, 0.2) is 53.4 Å². The number of carbonyl (C=O) groups excluding carboxylic acids is 3. The summed E-state index contributed by atoms with van der Waals surface area (Å²) < 4.78 is 30.7. The van der Waals surface area contributed by atoms with Crippen molar-refractivity contribution in [1.82, 2.24) is 0 Å². The maximum atomic E-state index is 12.7. The fraction of sp³-hybridized carbons (Fsp3) is 0.318. The third-order valence-electron chi connectivity index (χ3n) is 5.85. The van der Waals surface area contributed by atoms with Gasteiger partial charge in [0.15, 0.2) is 5.78 Å². The minimum atomic E-state index is -4.19. The van der Waals surface area contributed by atoms with Gasteiger partial charge >= 0.3 is 0 Å². The molecule has 1 saturated heterocycles. The zero-order valence-electron chi connectivity index (χ0n) is 16.6. The summed E-state index contributed by atoms with van der Waals surface area (Å²) >= 11 is 0. The van der Waals surface area contributed by atoms with E-state index in [-0.39, 0.29) is 28.9 Å². The Bertz CT molecular complexity index is 1120. The van der Waals surface area contributed by atoms with Crippen molar-refractivity contribution in [3.8, 4) is 0 Å². The number of anilines is 1. The molecule has 0 radical (unpaired) electrons. The lowest BCUT2D eigenvalue weighted by atomic mass is 9.89. The average molecular weight is 427 g/mol. The number of aryl methyl sites for hydroxylation is 1. The first-order chi connectivity index (χ1) is 14.2. The summed E-state index contributed by atoms with van der Waals surface area (Å²) in [5, 5.41) is 0. The summed E-state index contributed by atoms with van der Waals surface area (Å²) in [6.45, 7) is 3.38. The maximum absolute atomic E-state index is 12.7. The smallest absolute Gasteiger partial charge is 0.291 e. The Hall–Kier alpha value is -2.84. The number of fused-ring (bicyclic) bond motifs is 1. The van der Waals surface area contributed by atoms with Gasteiger partial charge in [0.1, 0.15) is 6.10 Å². The van der Waals surface area contributed by atoms with Crippen LogP contribution in [0.3, 0.4) is 0 Å². The molecule has 0 aromatic heterocycles. The van der Waals surface area contributed by atoms with Crippen molar-refractivity contribution in [1.29, 1.82) is 0 Å². The van der Waals surface area contributed by atoms with Gasteiger partial charge in [-0.15, -0.1) is 0 Å². The van der Waals surface area contributed by atoms with Crippen LogP contribution in [-0.2, 0) is 30.3 Å². The summed E-state index contributed by atoms with van der Waals surface area (Å²) in [7, 11) is -4.19. The van der Waals surface area contributed by atoms with Crippen LogP contribution in [0.4, 0.5) is 5.69 Å². The Kier molecular flexibility index (Phi) is 5.07. The molecule has 0 spiro atoms. The molecule has 3 atom stereocenters. The third-order valence-corrected chi connectivity index (χ3v) is 7.18. The number of hydrogen-bond acceptors (Lipinski definition) is 6.